The van der Waals surface area contributed by atoms with Gasteiger partial charge in [0, 0.05) is 25.6 Å². The van der Waals surface area contributed by atoms with Crippen LogP contribution in [0.5, 0.6) is 11.5 Å². The van der Waals surface area contributed by atoms with Crippen molar-refractivity contribution in [2.45, 2.75) is 64.4 Å². The highest BCUT2D eigenvalue weighted by atomic mass is 32.2. The minimum absolute atomic E-state index is 0.0691. The van der Waals surface area contributed by atoms with Gasteiger partial charge >= 0.3 is 0 Å². The number of rotatable bonds is 16. The van der Waals surface area contributed by atoms with Crippen molar-refractivity contribution >= 4 is 27.5 Å². The average molecular weight is 686 g/mol. The van der Waals surface area contributed by atoms with Crippen molar-refractivity contribution in [3.05, 3.63) is 119 Å². The summed E-state index contributed by atoms with van der Waals surface area (Å²) in [5.74, 6) is -0.200. The summed E-state index contributed by atoms with van der Waals surface area (Å²) in [6, 6.07) is 26.1. The number of sulfonamides is 1. The van der Waals surface area contributed by atoms with Gasteiger partial charge in [-0.1, -0.05) is 79.6 Å². The summed E-state index contributed by atoms with van der Waals surface area (Å²) in [4.78, 5) is 30.1. The van der Waals surface area contributed by atoms with Crippen LogP contribution in [0.25, 0.3) is 0 Å². The molecule has 4 aromatic rings. The minimum Gasteiger partial charge on any atom is -0.493 e. The van der Waals surface area contributed by atoms with Crippen LogP contribution < -0.4 is 19.1 Å². The molecule has 0 fully saturated rings. The van der Waals surface area contributed by atoms with Crippen LogP contribution in [-0.4, -0.2) is 58.5 Å². The lowest BCUT2D eigenvalue weighted by atomic mass is 10.0. The maximum absolute atomic E-state index is 14.7. The van der Waals surface area contributed by atoms with Crippen LogP contribution in [-0.2, 0) is 32.6 Å². The molecule has 2 amide bonds. The number of amides is 2. The number of nitrogens with one attached hydrogen (secondary N) is 1. The Balaban J connectivity index is 1.84. The molecule has 4 aromatic carbocycles. The lowest BCUT2D eigenvalue weighted by Crippen LogP contribution is -2.53. The molecule has 0 heterocycles. The van der Waals surface area contributed by atoms with Crippen molar-refractivity contribution in [2.75, 3.05) is 31.6 Å². The number of carbonyl (C=O) groups is 2. The molecule has 0 spiro atoms. The van der Waals surface area contributed by atoms with Crippen LogP contribution in [0, 0.1) is 20.8 Å². The molecular formula is C39H47N3O6S. The van der Waals surface area contributed by atoms with Gasteiger partial charge in [-0.2, -0.15) is 0 Å². The van der Waals surface area contributed by atoms with Crippen molar-refractivity contribution < 1.29 is 27.5 Å². The third kappa shape index (κ3) is 9.63. The van der Waals surface area contributed by atoms with Crippen molar-refractivity contribution in [1.29, 1.82) is 0 Å². The predicted molar refractivity (Wildman–Crippen MR) is 194 cm³/mol. The molecule has 1 unspecified atom stereocenters. The van der Waals surface area contributed by atoms with Crippen molar-refractivity contribution in [3.63, 3.8) is 0 Å². The maximum atomic E-state index is 14.7. The van der Waals surface area contributed by atoms with Crippen LogP contribution in [0.3, 0.4) is 0 Å². The predicted octanol–water partition coefficient (Wildman–Crippen LogP) is 6.38. The Hall–Kier alpha value is -4.83. The highest BCUT2D eigenvalue weighted by Gasteiger charge is 2.35. The van der Waals surface area contributed by atoms with Crippen molar-refractivity contribution in [2.24, 2.45) is 0 Å². The van der Waals surface area contributed by atoms with Gasteiger partial charge in [0.15, 0.2) is 11.5 Å². The number of hydrogen-bond acceptors (Lipinski definition) is 6. The fraction of sp³-hybridized carbons (Fsp3) is 0.333. The standard InChI is InChI=1S/C39H47N3O6S/c1-7-8-20-40-39(44)35(24-31-12-10-9-11-13-31)41(26-32-16-14-28(2)15-17-32)38(43)27-42(33-22-29(3)21-30(4)23-33)49(45,46)34-18-19-36(47-5)37(25-34)48-6/h9-19,21-23,25,35H,7-8,20,24,26-27H2,1-6H3,(H,40,44). The van der Waals surface area contributed by atoms with Crippen LogP contribution in [0.4, 0.5) is 5.69 Å². The topological polar surface area (TPSA) is 105 Å². The summed E-state index contributed by atoms with van der Waals surface area (Å²) in [6.07, 6.45) is 1.94. The molecule has 10 heteroatoms. The molecular weight excluding hydrogens is 639 g/mol. The van der Waals surface area contributed by atoms with E-state index in [1.165, 1.54) is 37.3 Å². The monoisotopic (exact) mass is 685 g/mol. The van der Waals surface area contributed by atoms with Gasteiger partial charge < -0.3 is 19.7 Å². The number of anilines is 1. The summed E-state index contributed by atoms with van der Waals surface area (Å²) >= 11 is 0. The van der Waals surface area contributed by atoms with Crippen LogP contribution in [0.2, 0.25) is 0 Å². The fourth-order valence-corrected chi connectivity index (χ4v) is 7.09. The largest absolute Gasteiger partial charge is 0.493 e. The minimum atomic E-state index is -4.32. The summed E-state index contributed by atoms with van der Waals surface area (Å²) in [7, 11) is -1.42. The molecule has 1 atom stereocenters. The molecule has 0 aliphatic carbocycles. The number of carbonyl (C=O) groups excluding carboxylic acids is 2. The van der Waals surface area contributed by atoms with Crippen LogP contribution in [0.1, 0.15) is 47.6 Å². The quantitative estimate of drug-likeness (QED) is 0.137. The Morgan fingerprint density at radius 1 is 0.776 bits per heavy atom. The summed E-state index contributed by atoms with van der Waals surface area (Å²) in [5, 5.41) is 3.02. The van der Waals surface area contributed by atoms with Gasteiger partial charge in [-0.15, -0.1) is 0 Å². The third-order valence-electron chi connectivity index (χ3n) is 8.29. The Morgan fingerprint density at radius 3 is 2.04 bits per heavy atom. The van der Waals surface area contributed by atoms with E-state index in [2.05, 4.69) is 5.32 Å². The van der Waals surface area contributed by atoms with E-state index in [1.54, 1.807) is 12.1 Å². The number of aryl methyl sites for hydroxylation is 3. The van der Waals surface area contributed by atoms with Crippen LogP contribution >= 0.6 is 0 Å². The van der Waals surface area contributed by atoms with Crippen molar-refractivity contribution in [3.8, 4) is 11.5 Å². The number of hydrogen-bond donors (Lipinski definition) is 1. The first kappa shape index (κ1) is 37.0. The highest BCUT2D eigenvalue weighted by Crippen LogP contribution is 2.33. The highest BCUT2D eigenvalue weighted by molar-refractivity contribution is 7.92. The Labute approximate surface area is 290 Å². The van der Waals surface area contributed by atoms with Gasteiger partial charge in [0.1, 0.15) is 12.6 Å². The molecule has 0 saturated heterocycles. The maximum Gasteiger partial charge on any atom is 0.264 e. The summed E-state index contributed by atoms with van der Waals surface area (Å²) < 4.78 is 40.9. The Morgan fingerprint density at radius 2 is 1.43 bits per heavy atom. The fourth-order valence-electron chi connectivity index (χ4n) is 5.68. The second-order valence-electron chi connectivity index (χ2n) is 12.2. The Bertz CT molecular complexity index is 1810. The van der Waals surface area contributed by atoms with Gasteiger partial charge in [0.2, 0.25) is 11.8 Å². The first-order valence-electron chi connectivity index (χ1n) is 16.5. The van der Waals surface area contributed by atoms with E-state index in [1.807, 2.05) is 88.4 Å². The summed E-state index contributed by atoms with van der Waals surface area (Å²) in [5.41, 5.74) is 4.76. The molecule has 0 saturated carbocycles. The van der Waals surface area contributed by atoms with E-state index >= 15 is 0 Å². The average Bonchev–Trinajstić information content (AvgIpc) is 3.09. The second-order valence-corrected chi connectivity index (χ2v) is 14.1. The molecule has 49 heavy (non-hydrogen) atoms. The van der Waals surface area contributed by atoms with Gasteiger partial charge in [-0.05, 0) is 73.7 Å². The molecule has 4 rings (SSSR count). The van der Waals surface area contributed by atoms with E-state index < -0.39 is 28.5 Å². The normalized spacial score (nSPS) is 11.8. The van der Waals surface area contributed by atoms with E-state index in [0.29, 0.717) is 18.0 Å². The number of methoxy groups -OCH3 is 2. The molecule has 1 N–H and O–H groups in total. The molecule has 0 aliphatic heterocycles. The first-order valence-corrected chi connectivity index (χ1v) is 17.9. The zero-order valence-electron chi connectivity index (χ0n) is 29.2. The Kier molecular flexibility index (Phi) is 12.8. The molecule has 0 bridgehead atoms. The van der Waals surface area contributed by atoms with E-state index in [-0.39, 0.29) is 29.5 Å². The van der Waals surface area contributed by atoms with Gasteiger partial charge in [-0.3, -0.25) is 13.9 Å². The van der Waals surface area contributed by atoms with E-state index in [4.69, 9.17) is 9.47 Å². The zero-order valence-corrected chi connectivity index (χ0v) is 30.0. The zero-order chi connectivity index (χ0) is 35.6. The number of unbranched alkanes of at least 4 members (excludes halogenated alkanes) is 1. The first-order chi connectivity index (χ1) is 23.5. The smallest absolute Gasteiger partial charge is 0.264 e. The number of benzene rings is 4. The molecule has 9 nitrogen and oxygen atoms in total. The lowest BCUT2D eigenvalue weighted by molar-refractivity contribution is -0.140. The third-order valence-corrected chi connectivity index (χ3v) is 10.1. The van der Waals surface area contributed by atoms with Crippen molar-refractivity contribution in [1.82, 2.24) is 10.2 Å². The SMILES string of the molecule is CCCCNC(=O)C(Cc1ccccc1)N(Cc1ccc(C)cc1)C(=O)CN(c1cc(C)cc(C)c1)S(=O)(=O)c1ccc(OC)c(OC)c1. The molecule has 260 valence electrons. The summed E-state index contributed by atoms with van der Waals surface area (Å²) in [6.45, 7) is 7.80. The van der Waals surface area contributed by atoms with Gasteiger partial charge in [0.05, 0.1) is 24.8 Å². The lowest BCUT2D eigenvalue weighted by Gasteiger charge is -2.34. The van der Waals surface area contributed by atoms with E-state index in [0.717, 1.165) is 45.0 Å². The molecule has 0 aliphatic rings. The molecule has 0 radical (unpaired) electrons. The molecule has 0 aromatic heterocycles. The van der Waals surface area contributed by atoms with E-state index in [9.17, 15) is 18.0 Å². The number of ether oxygens (including phenoxy) is 2. The number of nitrogens with zero attached hydrogens (tertiary/aromatic N) is 2. The van der Waals surface area contributed by atoms with Gasteiger partial charge in [0.25, 0.3) is 10.0 Å². The van der Waals surface area contributed by atoms with Crippen LogP contribution in [0.15, 0.2) is 95.9 Å². The van der Waals surface area contributed by atoms with Gasteiger partial charge in [-0.25, -0.2) is 8.42 Å². The second kappa shape index (κ2) is 17.0.